The Kier molecular flexibility index (Phi) is 3.33. The summed E-state index contributed by atoms with van der Waals surface area (Å²) in [7, 11) is 0. The molecule has 2 rings (SSSR count). The summed E-state index contributed by atoms with van der Waals surface area (Å²) in [5.74, 6) is 0. The second kappa shape index (κ2) is 4.40. The molecule has 2 fully saturated rings. The third-order valence-corrected chi connectivity index (χ3v) is 3.88. The zero-order chi connectivity index (χ0) is 10.9. The number of fused-ring (bicyclic) bond motifs is 1. The predicted octanol–water partition coefficient (Wildman–Crippen LogP) is 0.831. The molecule has 0 spiro atoms. The van der Waals surface area contributed by atoms with E-state index in [1.165, 1.54) is 32.4 Å². The standard InChI is InChI=1S/C12H24N2O/c1-12(2,9-15)8-13-10-5-7-14-6-3-4-11(10)14/h10-11,13,15H,3-9H2,1-2H3. The third kappa shape index (κ3) is 2.52. The SMILES string of the molecule is CC(C)(CO)CNC1CCN2CCCC12. The summed E-state index contributed by atoms with van der Waals surface area (Å²) in [6.07, 6.45) is 4.01. The number of rotatable bonds is 4. The van der Waals surface area contributed by atoms with Crippen molar-refractivity contribution in [3.63, 3.8) is 0 Å². The van der Waals surface area contributed by atoms with Crippen molar-refractivity contribution in [3.8, 4) is 0 Å². The molecule has 2 aliphatic heterocycles. The van der Waals surface area contributed by atoms with Gasteiger partial charge in [0.1, 0.15) is 0 Å². The Morgan fingerprint density at radius 2 is 2.13 bits per heavy atom. The summed E-state index contributed by atoms with van der Waals surface area (Å²) in [4.78, 5) is 2.61. The van der Waals surface area contributed by atoms with Crippen molar-refractivity contribution in [2.75, 3.05) is 26.2 Å². The van der Waals surface area contributed by atoms with E-state index in [0.717, 1.165) is 12.6 Å². The lowest BCUT2D eigenvalue weighted by Gasteiger charge is -2.27. The van der Waals surface area contributed by atoms with Gasteiger partial charge in [0.25, 0.3) is 0 Å². The van der Waals surface area contributed by atoms with E-state index in [2.05, 4.69) is 24.1 Å². The molecule has 2 heterocycles. The van der Waals surface area contributed by atoms with Gasteiger partial charge in [-0.15, -0.1) is 0 Å². The molecule has 0 bridgehead atoms. The first-order chi connectivity index (χ1) is 7.12. The lowest BCUT2D eigenvalue weighted by molar-refractivity contribution is 0.150. The van der Waals surface area contributed by atoms with Crippen molar-refractivity contribution in [1.29, 1.82) is 0 Å². The molecule has 0 radical (unpaired) electrons. The van der Waals surface area contributed by atoms with E-state index in [1.54, 1.807) is 0 Å². The van der Waals surface area contributed by atoms with Crippen LogP contribution in [0.15, 0.2) is 0 Å². The largest absolute Gasteiger partial charge is 0.396 e. The average molecular weight is 212 g/mol. The fourth-order valence-electron chi connectivity index (χ4n) is 2.78. The van der Waals surface area contributed by atoms with Crippen LogP contribution in [-0.2, 0) is 0 Å². The number of nitrogens with one attached hydrogen (secondary N) is 1. The minimum absolute atomic E-state index is 0.0199. The summed E-state index contributed by atoms with van der Waals surface area (Å²) < 4.78 is 0. The maximum absolute atomic E-state index is 9.20. The monoisotopic (exact) mass is 212 g/mol. The Labute approximate surface area is 92.8 Å². The molecule has 0 saturated carbocycles. The quantitative estimate of drug-likeness (QED) is 0.724. The molecule has 0 aromatic rings. The first-order valence-corrected chi connectivity index (χ1v) is 6.21. The van der Waals surface area contributed by atoms with Gasteiger partial charge in [-0.05, 0) is 25.8 Å². The molecule has 0 aromatic carbocycles. The van der Waals surface area contributed by atoms with Crippen molar-refractivity contribution in [1.82, 2.24) is 10.2 Å². The minimum Gasteiger partial charge on any atom is -0.396 e. The number of aliphatic hydroxyl groups excluding tert-OH is 1. The molecule has 15 heavy (non-hydrogen) atoms. The van der Waals surface area contributed by atoms with Crippen LogP contribution < -0.4 is 5.32 Å². The van der Waals surface area contributed by atoms with E-state index in [-0.39, 0.29) is 12.0 Å². The molecule has 2 atom stereocenters. The van der Waals surface area contributed by atoms with E-state index in [0.29, 0.717) is 6.04 Å². The molecule has 0 aliphatic carbocycles. The zero-order valence-corrected chi connectivity index (χ0v) is 10.00. The van der Waals surface area contributed by atoms with Gasteiger partial charge in [-0.1, -0.05) is 13.8 Å². The smallest absolute Gasteiger partial charge is 0.0494 e. The Morgan fingerprint density at radius 3 is 2.87 bits per heavy atom. The van der Waals surface area contributed by atoms with Gasteiger partial charge in [-0.2, -0.15) is 0 Å². The fourth-order valence-corrected chi connectivity index (χ4v) is 2.78. The molecule has 0 amide bonds. The van der Waals surface area contributed by atoms with E-state index in [1.807, 2.05) is 0 Å². The van der Waals surface area contributed by atoms with Crippen molar-refractivity contribution in [3.05, 3.63) is 0 Å². The number of nitrogens with zero attached hydrogens (tertiary/aromatic N) is 1. The van der Waals surface area contributed by atoms with Gasteiger partial charge in [0.2, 0.25) is 0 Å². The highest BCUT2D eigenvalue weighted by Crippen LogP contribution is 2.28. The van der Waals surface area contributed by atoms with Crippen LogP contribution in [0.25, 0.3) is 0 Å². The molecule has 88 valence electrons. The Hall–Kier alpha value is -0.120. The van der Waals surface area contributed by atoms with Gasteiger partial charge in [0.15, 0.2) is 0 Å². The van der Waals surface area contributed by atoms with Crippen molar-refractivity contribution in [2.24, 2.45) is 5.41 Å². The second-order valence-electron chi connectivity index (χ2n) is 5.84. The molecule has 2 aliphatic rings. The summed E-state index contributed by atoms with van der Waals surface area (Å²) in [6.45, 7) is 7.98. The molecule has 0 aromatic heterocycles. The zero-order valence-electron chi connectivity index (χ0n) is 10.00. The molecule has 3 nitrogen and oxygen atoms in total. The highest BCUT2D eigenvalue weighted by atomic mass is 16.3. The highest BCUT2D eigenvalue weighted by Gasteiger charge is 2.37. The van der Waals surface area contributed by atoms with Crippen LogP contribution in [0.5, 0.6) is 0 Å². The molecular weight excluding hydrogens is 188 g/mol. The minimum atomic E-state index is 0.0199. The van der Waals surface area contributed by atoms with Gasteiger partial charge in [0.05, 0.1) is 0 Å². The van der Waals surface area contributed by atoms with Gasteiger partial charge < -0.3 is 10.4 Å². The molecule has 3 heteroatoms. The van der Waals surface area contributed by atoms with Crippen LogP contribution in [0.2, 0.25) is 0 Å². The van der Waals surface area contributed by atoms with Gasteiger partial charge in [-0.3, -0.25) is 4.90 Å². The third-order valence-electron chi connectivity index (χ3n) is 3.88. The normalized spacial score (nSPS) is 32.2. The maximum Gasteiger partial charge on any atom is 0.0494 e. The summed E-state index contributed by atoms with van der Waals surface area (Å²) in [5.41, 5.74) is 0.0199. The number of hydrogen-bond acceptors (Lipinski definition) is 3. The first-order valence-electron chi connectivity index (χ1n) is 6.21. The number of aliphatic hydroxyl groups is 1. The van der Waals surface area contributed by atoms with Crippen LogP contribution in [-0.4, -0.2) is 48.3 Å². The molecule has 2 unspecified atom stereocenters. The van der Waals surface area contributed by atoms with E-state index in [9.17, 15) is 5.11 Å². The van der Waals surface area contributed by atoms with Gasteiger partial charge >= 0.3 is 0 Å². The molecule has 2 N–H and O–H groups in total. The summed E-state index contributed by atoms with van der Waals surface area (Å²) in [5, 5.41) is 12.8. The van der Waals surface area contributed by atoms with Crippen LogP contribution >= 0.6 is 0 Å². The molecule has 2 saturated heterocycles. The van der Waals surface area contributed by atoms with E-state index < -0.39 is 0 Å². The van der Waals surface area contributed by atoms with Gasteiger partial charge in [-0.25, -0.2) is 0 Å². The second-order valence-corrected chi connectivity index (χ2v) is 5.84. The maximum atomic E-state index is 9.20. The predicted molar refractivity (Wildman–Crippen MR) is 61.9 cm³/mol. The van der Waals surface area contributed by atoms with Crippen molar-refractivity contribution >= 4 is 0 Å². The lowest BCUT2D eigenvalue weighted by atomic mass is 9.94. The lowest BCUT2D eigenvalue weighted by Crippen LogP contribution is -2.44. The average Bonchev–Trinajstić information content (AvgIpc) is 2.77. The highest BCUT2D eigenvalue weighted by molar-refractivity contribution is 4.96. The summed E-state index contributed by atoms with van der Waals surface area (Å²) in [6, 6.07) is 1.44. The fraction of sp³-hybridized carbons (Fsp3) is 1.00. The van der Waals surface area contributed by atoms with Crippen molar-refractivity contribution < 1.29 is 5.11 Å². The van der Waals surface area contributed by atoms with Crippen molar-refractivity contribution in [2.45, 2.75) is 45.2 Å². The Morgan fingerprint density at radius 1 is 1.33 bits per heavy atom. The van der Waals surface area contributed by atoms with Crippen LogP contribution in [0, 0.1) is 5.41 Å². The Balaban J connectivity index is 1.80. The first kappa shape index (κ1) is 11.4. The van der Waals surface area contributed by atoms with Crippen LogP contribution in [0.4, 0.5) is 0 Å². The Bertz CT molecular complexity index is 218. The summed E-state index contributed by atoms with van der Waals surface area (Å²) >= 11 is 0. The van der Waals surface area contributed by atoms with Gasteiger partial charge in [0, 0.05) is 37.2 Å². The molecular formula is C12H24N2O. The van der Waals surface area contributed by atoms with Crippen LogP contribution in [0.3, 0.4) is 0 Å². The number of hydrogen-bond donors (Lipinski definition) is 2. The van der Waals surface area contributed by atoms with E-state index >= 15 is 0 Å². The van der Waals surface area contributed by atoms with E-state index in [4.69, 9.17) is 0 Å². The van der Waals surface area contributed by atoms with Crippen LogP contribution in [0.1, 0.15) is 33.1 Å². The topological polar surface area (TPSA) is 35.5 Å².